The molecule has 0 aromatic heterocycles. The molecule has 1 aliphatic carbocycles. The van der Waals surface area contributed by atoms with Gasteiger partial charge in [-0.2, -0.15) is 0 Å². The summed E-state index contributed by atoms with van der Waals surface area (Å²) in [6.45, 7) is 0.171. The Bertz CT molecular complexity index is 1620. The average molecular weight is 675 g/mol. The first-order valence-corrected chi connectivity index (χ1v) is 17.6. The number of anilines is 1. The van der Waals surface area contributed by atoms with E-state index >= 15 is 0 Å². The van der Waals surface area contributed by atoms with E-state index in [0.717, 1.165) is 48.2 Å². The molecule has 2 aliphatic rings. The van der Waals surface area contributed by atoms with Crippen LogP contribution < -0.4 is 19.1 Å². The molecule has 0 spiro atoms. The fourth-order valence-corrected chi connectivity index (χ4v) is 6.90. The first kappa shape index (κ1) is 32.9. The van der Waals surface area contributed by atoms with Crippen LogP contribution in [0.4, 0.5) is 5.69 Å². The molecule has 1 aliphatic heterocycles. The molecule has 0 radical (unpaired) electrons. The highest BCUT2D eigenvalue weighted by Gasteiger charge is 2.34. The Hall–Kier alpha value is -3.47. The molecule has 0 bridgehead atoms. The lowest BCUT2D eigenvalue weighted by atomic mass is 9.94. The molecule has 0 unspecified atom stereocenters. The minimum atomic E-state index is -3.94. The second-order valence-electron chi connectivity index (χ2n) is 11.4. The molecule has 240 valence electrons. The number of fused-ring (bicyclic) bond motifs is 1. The second-order valence-corrected chi connectivity index (χ2v) is 14.1. The van der Waals surface area contributed by atoms with Crippen molar-refractivity contribution in [2.75, 3.05) is 30.3 Å². The predicted octanol–water partition coefficient (Wildman–Crippen LogP) is 5.62. The Morgan fingerprint density at radius 2 is 1.60 bits per heavy atom. The van der Waals surface area contributed by atoms with Crippen molar-refractivity contribution in [2.45, 2.75) is 57.2 Å². The standard InChI is InChI=1S/C33H37Cl2N3O6S/c1-45(41,42)38(26-13-15-30-31(20-26)44-17-16-43-30)22-32(39)37(21-24-12-14-27(34)28(35)18-24)29(19-23-8-4-2-5-9-23)33(40)36-25-10-6-3-7-11-25/h2,4-5,8-9,12-15,18,20,25,29H,3,6-7,10-11,16-17,19,21-22H2,1H3,(H,36,40)/t29-/m0/s1. The lowest BCUT2D eigenvalue weighted by Gasteiger charge is -2.35. The Kier molecular flexibility index (Phi) is 10.8. The van der Waals surface area contributed by atoms with Gasteiger partial charge >= 0.3 is 0 Å². The van der Waals surface area contributed by atoms with Crippen molar-refractivity contribution in [1.82, 2.24) is 10.2 Å². The van der Waals surface area contributed by atoms with Crippen LogP contribution in [0.2, 0.25) is 10.0 Å². The first-order chi connectivity index (χ1) is 21.6. The fraction of sp³-hybridized carbons (Fsp3) is 0.394. The molecule has 1 heterocycles. The maximum absolute atomic E-state index is 14.4. The zero-order valence-electron chi connectivity index (χ0n) is 25.1. The molecule has 1 atom stereocenters. The summed E-state index contributed by atoms with van der Waals surface area (Å²) in [4.78, 5) is 29.9. The van der Waals surface area contributed by atoms with E-state index in [2.05, 4.69) is 5.32 Å². The summed E-state index contributed by atoms with van der Waals surface area (Å²) in [6, 6.07) is 18.3. The van der Waals surface area contributed by atoms with Gasteiger partial charge in [0.15, 0.2) is 11.5 Å². The van der Waals surface area contributed by atoms with Crippen LogP contribution in [0.5, 0.6) is 11.5 Å². The maximum atomic E-state index is 14.4. The molecule has 12 heteroatoms. The Balaban J connectivity index is 1.51. The molecule has 5 rings (SSSR count). The molecule has 1 saturated carbocycles. The number of carbonyl (C=O) groups is 2. The third-order valence-corrected chi connectivity index (χ3v) is 9.93. The van der Waals surface area contributed by atoms with E-state index in [4.69, 9.17) is 32.7 Å². The molecule has 1 N–H and O–H groups in total. The zero-order valence-corrected chi connectivity index (χ0v) is 27.4. The molecule has 9 nitrogen and oxygen atoms in total. The molecule has 3 aromatic rings. The quantitative estimate of drug-likeness (QED) is 0.283. The average Bonchev–Trinajstić information content (AvgIpc) is 3.03. The van der Waals surface area contributed by atoms with Gasteiger partial charge in [0.1, 0.15) is 25.8 Å². The highest BCUT2D eigenvalue weighted by molar-refractivity contribution is 7.92. The number of rotatable bonds is 11. The number of halogens is 2. The van der Waals surface area contributed by atoms with Gasteiger partial charge in [0.25, 0.3) is 0 Å². The monoisotopic (exact) mass is 673 g/mol. The van der Waals surface area contributed by atoms with Crippen molar-refractivity contribution in [3.05, 3.63) is 87.9 Å². The number of nitrogens with zero attached hydrogens (tertiary/aromatic N) is 2. The highest BCUT2D eigenvalue weighted by Crippen LogP contribution is 2.35. The molecular formula is C33H37Cl2N3O6S. The summed E-state index contributed by atoms with van der Waals surface area (Å²) in [5.41, 5.74) is 1.75. The maximum Gasteiger partial charge on any atom is 0.244 e. The van der Waals surface area contributed by atoms with Crippen molar-refractivity contribution in [2.24, 2.45) is 0 Å². The lowest BCUT2D eigenvalue weighted by Crippen LogP contribution is -2.55. The third-order valence-electron chi connectivity index (χ3n) is 8.05. The number of hydrogen-bond donors (Lipinski definition) is 1. The number of carbonyl (C=O) groups excluding carboxylic acids is 2. The van der Waals surface area contributed by atoms with Crippen LogP contribution in [-0.4, -0.2) is 63.2 Å². The van der Waals surface area contributed by atoms with Gasteiger partial charge in [0, 0.05) is 25.1 Å². The van der Waals surface area contributed by atoms with Crippen molar-refractivity contribution in [3.63, 3.8) is 0 Å². The lowest BCUT2D eigenvalue weighted by molar-refractivity contribution is -0.140. The number of amides is 2. The first-order valence-electron chi connectivity index (χ1n) is 15.0. The van der Waals surface area contributed by atoms with Gasteiger partial charge in [-0.3, -0.25) is 13.9 Å². The summed E-state index contributed by atoms with van der Waals surface area (Å²) >= 11 is 12.5. The number of ether oxygens (including phenoxy) is 2. The minimum absolute atomic E-state index is 0.00402. The van der Waals surface area contributed by atoms with Crippen molar-refractivity contribution in [3.8, 4) is 11.5 Å². The van der Waals surface area contributed by atoms with Gasteiger partial charge in [-0.1, -0.05) is 78.9 Å². The summed E-state index contributed by atoms with van der Waals surface area (Å²) in [5.74, 6) is 0.0418. The van der Waals surface area contributed by atoms with Crippen LogP contribution >= 0.6 is 23.2 Å². The predicted molar refractivity (Wildman–Crippen MR) is 176 cm³/mol. The number of benzene rings is 3. The van der Waals surface area contributed by atoms with Crippen molar-refractivity contribution < 1.29 is 27.5 Å². The Labute approximate surface area is 274 Å². The topological polar surface area (TPSA) is 105 Å². The van der Waals surface area contributed by atoms with Crippen molar-refractivity contribution >= 4 is 50.7 Å². The van der Waals surface area contributed by atoms with E-state index in [-0.39, 0.29) is 30.6 Å². The smallest absolute Gasteiger partial charge is 0.244 e. The number of nitrogens with one attached hydrogen (secondary N) is 1. The number of hydrogen-bond acceptors (Lipinski definition) is 6. The van der Waals surface area contributed by atoms with E-state index in [1.165, 1.54) is 4.90 Å². The zero-order chi connectivity index (χ0) is 32.0. The Morgan fingerprint density at radius 1 is 0.889 bits per heavy atom. The summed E-state index contributed by atoms with van der Waals surface area (Å²) < 4.78 is 38.5. The molecule has 1 fully saturated rings. The Morgan fingerprint density at radius 3 is 2.29 bits per heavy atom. The van der Waals surface area contributed by atoms with E-state index in [9.17, 15) is 18.0 Å². The summed E-state index contributed by atoms with van der Waals surface area (Å²) in [6.07, 6.45) is 6.20. The van der Waals surface area contributed by atoms with Gasteiger partial charge in [0.2, 0.25) is 21.8 Å². The molecule has 0 saturated heterocycles. The van der Waals surface area contributed by atoms with Crippen LogP contribution in [0.3, 0.4) is 0 Å². The summed E-state index contributed by atoms with van der Waals surface area (Å²) in [7, 11) is -3.94. The van der Waals surface area contributed by atoms with Crippen LogP contribution in [0.25, 0.3) is 0 Å². The van der Waals surface area contributed by atoms with E-state index in [1.807, 2.05) is 30.3 Å². The summed E-state index contributed by atoms with van der Waals surface area (Å²) in [5, 5.41) is 3.85. The van der Waals surface area contributed by atoms with Gasteiger partial charge in [0.05, 0.1) is 22.0 Å². The van der Waals surface area contributed by atoms with E-state index in [0.29, 0.717) is 40.3 Å². The second kappa shape index (κ2) is 14.7. The van der Waals surface area contributed by atoms with Crippen LogP contribution in [0, 0.1) is 0 Å². The molecule has 45 heavy (non-hydrogen) atoms. The SMILES string of the molecule is CS(=O)(=O)N(CC(=O)N(Cc1ccc(Cl)c(Cl)c1)[C@@H](Cc1ccccc1)C(=O)NC1CCCCC1)c1ccc2c(c1)OCCO2. The van der Waals surface area contributed by atoms with E-state index in [1.54, 1.807) is 36.4 Å². The van der Waals surface area contributed by atoms with Crippen LogP contribution in [0.15, 0.2) is 66.7 Å². The van der Waals surface area contributed by atoms with Crippen molar-refractivity contribution in [1.29, 1.82) is 0 Å². The number of sulfonamides is 1. The van der Waals surface area contributed by atoms with Gasteiger partial charge in [-0.05, 0) is 48.2 Å². The highest BCUT2D eigenvalue weighted by atomic mass is 35.5. The normalized spacial score (nSPS) is 15.6. The minimum Gasteiger partial charge on any atom is -0.486 e. The van der Waals surface area contributed by atoms with E-state index < -0.39 is 28.5 Å². The molecular weight excluding hydrogens is 637 g/mol. The molecule has 2 amide bonds. The van der Waals surface area contributed by atoms with Crippen LogP contribution in [0.1, 0.15) is 43.2 Å². The molecule has 3 aromatic carbocycles. The largest absolute Gasteiger partial charge is 0.486 e. The van der Waals surface area contributed by atoms with Crippen LogP contribution in [-0.2, 0) is 32.6 Å². The fourth-order valence-electron chi connectivity index (χ4n) is 5.73. The van der Waals surface area contributed by atoms with Gasteiger partial charge < -0.3 is 19.7 Å². The van der Waals surface area contributed by atoms with Gasteiger partial charge in [-0.25, -0.2) is 8.42 Å². The third kappa shape index (κ3) is 8.62. The van der Waals surface area contributed by atoms with Gasteiger partial charge in [-0.15, -0.1) is 0 Å².